The molecular formula is C17H20N6O. The Bertz CT molecular complexity index is 895. The fraction of sp³-hybridized carbons (Fsp3) is 0.353. The minimum atomic E-state index is -0.600. The zero-order valence-corrected chi connectivity index (χ0v) is 13.7. The number of benzene rings is 1. The molecule has 1 aromatic carbocycles. The number of anilines is 1. The Morgan fingerprint density at radius 3 is 2.79 bits per heavy atom. The first-order valence-corrected chi connectivity index (χ1v) is 8.12. The van der Waals surface area contributed by atoms with E-state index < -0.39 is 6.03 Å². The molecule has 1 aliphatic rings. The van der Waals surface area contributed by atoms with Crippen molar-refractivity contribution in [2.75, 3.05) is 5.32 Å². The van der Waals surface area contributed by atoms with E-state index in [2.05, 4.69) is 45.4 Å². The number of aromatic nitrogens is 4. The third-order valence-electron chi connectivity index (χ3n) is 4.60. The second-order valence-corrected chi connectivity index (χ2v) is 6.60. The van der Waals surface area contributed by atoms with E-state index in [-0.39, 0.29) is 0 Å². The molecule has 0 aliphatic heterocycles. The van der Waals surface area contributed by atoms with Crippen LogP contribution in [0.2, 0.25) is 0 Å². The number of imidazole rings is 1. The van der Waals surface area contributed by atoms with Crippen LogP contribution >= 0.6 is 0 Å². The van der Waals surface area contributed by atoms with Crippen molar-refractivity contribution in [3.8, 4) is 11.5 Å². The van der Waals surface area contributed by atoms with Crippen LogP contribution in [0.25, 0.3) is 22.6 Å². The molecule has 0 unspecified atom stereocenters. The lowest BCUT2D eigenvalue weighted by molar-refractivity contribution is 0.259. The number of primary amides is 1. The predicted molar refractivity (Wildman–Crippen MR) is 92.8 cm³/mol. The maximum absolute atomic E-state index is 11.4. The first kappa shape index (κ1) is 14.7. The predicted octanol–water partition coefficient (Wildman–Crippen LogP) is 3.01. The summed E-state index contributed by atoms with van der Waals surface area (Å²) in [5.74, 6) is 1.28. The number of nitrogens with two attached hydrogens (primary N) is 1. The van der Waals surface area contributed by atoms with Gasteiger partial charge >= 0.3 is 6.03 Å². The Balaban J connectivity index is 1.79. The monoisotopic (exact) mass is 324 g/mol. The van der Waals surface area contributed by atoms with Crippen molar-refractivity contribution in [3.05, 3.63) is 29.0 Å². The maximum atomic E-state index is 11.4. The van der Waals surface area contributed by atoms with Crippen molar-refractivity contribution in [1.29, 1.82) is 0 Å². The highest BCUT2D eigenvalue weighted by atomic mass is 16.2. The van der Waals surface area contributed by atoms with Gasteiger partial charge in [-0.2, -0.15) is 5.10 Å². The van der Waals surface area contributed by atoms with E-state index in [1.165, 1.54) is 24.0 Å². The molecule has 0 spiro atoms. The normalized spacial score (nSPS) is 14.2. The number of nitrogens with zero attached hydrogens (tertiary/aromatic N) is 2. The van der Waals surface area contributed by atoms with Crippen molar-refractivity contribution in [1.82, 2.24) is 20.2 Å². The molecule has 1 aliphatic carbocycles. The summed E-state index contributed by atoms with van der Waals surface area (Å²) in [6.45, 7) is 4.13. The molecule has 0 atom stereocenters. The molecular weight excluding hydrogens is 304 g/mol. The number of hydrogen-bond donors (Lipinski definition) is 4. The van der Waals surface area contributed by atoms with Gasteiger partial charge in [0.15, 0.2) is 11.5 Å². The molecule has 24 heavy (non-hydrogen) atoms. The van der Waals surface area contributed by atoms with Crippen LogP contribution in [0.5, 0.6) is 0 Å². The molecule has 0 bridgehead atoms. The third kappa shape index (κ3) is 2.62. The summed E-state index contributed by atoms with van der Waals surface area (Å²) in [5, 5.41) is 10.1. The summed E-state index contributed by atoms with van der Waals surface area (Å²) in [5.41, 5.74) is 11.7. The molecule has 1 saturated carbocycles. The number of aromatic amines is 2. The summed E-state index contributed by atoms with van der Waals surface area (Å²) < 4.78 is 0. The van der Waals surface area contributed by atoms with Crippen LogP contribution in [0.15, 0.2) is 12.1 Å². The summed E-state index contributed by atoms with van der Waals surface area (Å²) in [6.07, 6.45) is 3.29. The third-order valence-corrected chi connectivity index (χ3v) is 4.60. The van der Waals surface area contributed by atoms with Gasteiger partial charge in [0.1, 0.15) is 0 Å². The standard InChI is InChI=1S/C17H20N6O/c1-8-5-11-12(6-9(8)2)20-16(19-11)15-14(21-17(18)24)13(22-23-15)7-10-3-4-10/h5-6,10H,3-4,7H2,1-2H3,(H,19,20)(H,22,23)(H3,18,21,24). The molecule has 5 N–H and O–H groups in total. The lowest BCUT2D eigenvalue weighted by Gasteiger charge is -2.04. The van der Waals surface area contributed by atoms with Gasteiger partial charge in [0.25, 0.3) is 0 Å². The Morgan fingerprint density at radius 1 is 1.33 bits per heavy atom. The van der Waals surface area contributed by atoms with Gasteiger partial charge in [0.2, 0.25) is 0 Å². The SMILES string of the molecule is Cc1cc2nc(-c3n[nH]c(CC4CC4)c3NC(N)=O)[nH]c2cc1C. The van der Waals surface area contributed by atoms with Gasteiger partial charge in [-0.15, -0.1) is 0 Å². The van der Waals surface area contributed by atoms with Gasteiger partial charge in [-0.1, -0.05) is 0 Å². The molecule has 124 valence electrons. The number of rotatable bonds is 4. The van der Waals surface area contributed by atoms with Gasteiger partial charge in [-0.05, 0) is 62.3 Å². The zero-order valence-electron chi connectivity index (χ0n) is 13.7. The molecule has 2 heterocycles. The van der Waals surface area contributed by atoms with Gasteiger partial charge in [-0.3, -0.25) is 5.10 Å². The number of nitrogens with one attached hydrogen (secondary N) is 3. The number of carbonyl (C=O) groups excluding carboxylic acids is 1. The highest BCUT2D eigenvalue weighted by Crippen LogP contribution is 2.36. The van der Waals surface area contributed by atoms with Crippen LogP contribution in [0.4, 0.5) is 10.5 Å². The average molecular weight is 324 g/mol. The first-order valence-electron chi connectivity index (χ1n) is 8.12. The Kier molecular flexibility index (Phi) is 3.30. The van der Waals surface area contributed by atoms with Gasteiger partial charge in [-0.25, -0.2) is 9.78 Å². The molecule has 3 aromatic rings. The number of fused-ring (bicyclic) bond motifs is 1. The number of urea groups is 1. The minimum Gasteiger partial charge on any atom is -0.351 e. The molecule has 2 aromatic heterocycles. The Labute approximate surface area is 139 Å². The number of carbonyl (C=O) groups is 1. The van der Waals surface area contributed by atoms with E-state index in [0.717, 1.165) is 23.1 Å². The maximum Gasteiger partial charge on any atom is 0.316 e. The number of amides is 2. The average Bonchev–Trinajstić information content (AvgIpc) is 3.12. The van der Waals surface area contributed by atoms with Crippen molar-refractivity contribution in [2.24, 2.45) is 11.7 Å². The highest BCUT2D eigenvalue weighted by molar-refractivity contribution is 5.93. The van der Waals surface area contributed by atoms with Crippen LogP contribution in [-0.4, -0.2) is 26.2 Å². The molecule has 0 radical (unpaired) electrons. The van der Waals surface area contributed by atoms with E-state index >= 15 is 0 Å². The molecule has 1 fully saturated rings. The number of aryl methyl sites for hydroxylation is 2. The van der Waals surface area contributed by atoms with E-state index in [4.69, 9.17) is 5.73 Å². The van der Waals surface area contributed by atoms with Crippen molar-refractivity contribution in [2.45, 2.75) is 33.1 Å². The summed E-state index contributed by atoms with van der Waals surface area (Å²) in [6, 6.07) is 3.52. The lowest BCUT2D eigenvalue weighted by Crippen LogP contribution is -2.20. The number of H-pyrrole nitrogens is 2. The van der Waals surface area contributed by atoms with Crippen LogP contribution in [0, 0.1) is 19.8 Å². The van der Waals surface area contributed by atoms with Gasteiger partial charge < -0.3 is 16.0 Å². The van der Waals surface area contributed by atoms with Crippen LogP contribution in [0.1, 0.15) is 29.7 Å². The molecule has 2 amide bonds. The Morgan fingerprint density at radius 2 is 2.08 bits per heavy atom. The van der Waals surface area contributed by atoms with Crippen molar-refractivity contribution >= 4 is 22.8 Å². The largest absolute Gasteiger partial charge is 0.351 e. The summed E-state index contributed by atoms with van der Waals surface area (Å²) >= 11 is 0. The topological polar surface area (TPSA) is 112 Å². The highest BCUT2D eigenvalue weighted by Gasteiger charge is 2.26. The molecule has 0 saturated heterocycles. The van der Waals surface area contributed by atoms with E-state index in [1.807, 2.05) is 6.07 Å². The number of hydrogen-bond acceptors (Lipinski definition) is 3. The molecule has 4 rings (SSSR count). The summed E-state index contributed by atoms with van der Waals surface area (Å²) in [7, 11) is 0. The minimum absolute atomic E-state index is 0.593. The smallest absolute Gasteiger partial charge is 0.316 e. The Hall–Kier alpha value is -2.83. The van der Waals surface area contributed by atoms with Crippen molar-refractivity contribution in [3.63, 3.8) is 0 Å². The quantitative estimate of drug-likeness (QED) is 0.591. The van der Waals surface area contributed by atoms with E-state index in [1.54, 1.807) is 0 Å². The lowest BCUT2D eigenvalue weighted by atomic mass is 10.1. The molecule has 7 nitrogen and oxygen atoms in total. The van der Waals surface area contributed by atoms with Gasteiger partial charge in [0, 0.05) is 0 Å². The van der Waals surface area contributed by atoms with E-state index in [9.17, 15) is 4.79 Å². The van der Waals surface area contributed by atoms with Crippen LogP contribution in [-0.2, 0) is 6.42 Å². The van der Waals surface area contributed by atoms with E-state index in [0.29, 0.717) is 23.1 Å². The second kappa shape index (κ2) is 5.36. The molecule has 7 heteroatoms. The first-order chi connectivity index (χ1) is 11.5. The summed E-state index contributed by atoms with van der Waals surface area (Å²) in [4.78, 5) is 19.3. The fourth-order valence-corrected chi connectivity index (χ4v) is 2.95. The second-order valence-electron chi connectivity index (χ2n) is 6.60. The van der Waals surface area contributed by atoms with Crippen LogP contribution in [0.3, 0.4) is 0 Å². The zero-order chi connectivity index (χ0) is 16.8. The fourth-order valence-electron chi connectivity index (χ4n) is 2.95. The van der Waals surface area contributed by atoms with Crippen molar-refractivity contribution < 1.29 is 4.79 Å². The van der Waals surface area contributed by atoms with Crippen LogP contribution < -0.4 is 11.1 Å². The van der Waals surface area contributed by atoms with Gasteiger partial charge in [0.05, 0.1) is 22.4 Å².